The molecule has 0 fully saturated rings. The van der Waals surface area contributed by atoms with Gasteiger partial charge >= 0.3 is 0 Å². The van der Waals surface area contributed by atoms with Crippen LogP contribution in [0.1, 0.15) is 5.69 Å². The van der Waals surface area contributed by atoms with Crippen molar-refractivity contribution in [2.45, 2.75) is 16.7 Å². The van der Waals surface area contributed by atoms with Gasteiger partial charge < -0.3 is 0 Å². The SMILES string of the molecule is Cc1c(-c2ccc3c(c2)-c2ccccc2S3(=O)=O)cnn1-c1ccccc1. The largest absolute Gasteiger partial charge is 0.237 e. The molecule has 4 nitrogen and oxygen atoms in total. The minimum atomic E-state index is -3.43. The highest BCUT2D eigenvalue weighted by molar-refractivity contribution is 7.92. The van der Waals surface area contributed by atoms with E-state index in [9.17, 15) is 8.42 Å². The highest BCUT2D eigenvalue weighted by atomic mass is 32.2. The molecular formula is C22H16N2O2S. The van der Waals surface area contributed by atoms with Gasteiger partial charge in [-0.1, -0.05) is 42.5 Å². The molecule has 0 atom stereocenters. The van der Waals surface area contributed by atoms with Crippen molar-refractivity contribution >= 4 is 9.84 Å². The number of benzene rings is 3. The Labute approximate surface area is 157 Å². The molecule has 3 aromatic carbocycles. The first kappa shape index (κ1) is 16.0. The van der Waals surface area contributed by atoms with Gasteiger partial charge in [0, 0.05) is 22.4 Å². The van der Waals surface area contributed by atoms with Gasteiger partial charge in [0.15, 0.2) is 0 Å². The fourth-order valence-corrected chi connectivity index (χ4v) is 5.37. The van der Waals surface area contributed by atoms with E-state index in [-0.39, 0.29) is 0 Å². The predicted molar refractivity (Wildman–Crippen MR) is 105 cm³/mol. The fourth-order valence-electron chi connectivity index (χ4n) is 3.71. The van der Waals surface area contributed by atoms with Crippen molar-refractivity contribution < 1.29 is 8.42 Å². The Balaban J connectivity index is 1.68. The summed E-state index contributed by atoms with van der Waals surface area (Å²) in [5.74, 6) is 0. The molecule has 0 saturated heterocycles. The van der Waals surface area contributed by atoms with Crippen molar-refractivity contribution in [3.63, 3.8) is 0 Å². The van der Waals surface area contributed by atoms with E-state index in [2.05, 4.69) is 5.10 Å². The molecule has 5 heteroatoms. The minimum absolute atomic E-state index is 0.376. The number of sulfone groups is 1. The van der Waals surface area contributed by atoms with Crippen LogP contribution in [0.15, 0.2) is 88.8 Å². The molecule has 132 valence electrons. The van der Waals surface area contributed by atoms with E-state index in [1.54, 1.807) is 18.2 Å². The highest BCUT2D eigenvalue weighted by Crippen LogP contribution is 2.44. The number of rotatable bonds is 2. The Kier molecular flexibility index (Phi) is 3.36. The van der Waals surface area contributed by atoms with E-state index in [1.807, 2.05) is 72.4 Å². The molecule has 4 aromatic rings. The van der Waals surface area contributed by atoms with Gasteiger partial charge in [-0.25, -0.2) is 13.1 Å². The van der Waals surface area contributed by atoms with Crippen LogP contribution in [0.5, 0.6) is 0 Å². The van der Waals surface area contributed by atoms with Crippen molar-refractivity contribution in [3.05, 3.63) is 84.7 Å². The molecule has 0 amide bonds. The lowest BCUT2D eigenvalue weighted by Crippen LogP contribution is -1.98. The number of nitrogens with zero attached hydrogens (tertiary/aromatic N) is 2. The van der Waals surface area contributed by atoms with Crippen LogP contribution in [0.4, 0.5) is 0 Å². The summed E-state index contributed by atoms with van der Waals surface area (Å²) in [6.07, 6.45) is 1.83. The van der Waals surface area contributed by atoms with Crippen LogP contribution >= 0.6 is 0 Å². The van der Waals surface area contributed by atoms with Gasteiger partial charge in [0.2, 0.25) is 9.84 Å². The first-order valence-electron chi connectivity index (χ1n) is 8.66. The number of fused-ring (bicyclic) bond motifs is 3. The quantitative estimate of drug-likeness (QED) is 0.453. The Bertz CT molecular complexity index is 1290. The summed E-state index contributed by atoms with van der Waals surface area (Å²) in [5, 5.41) is 4.53. The van der Waals surface area contributed by atoms with Crippen molar-refractivity contribution in [2.24, 2.45) is 0 Å². The summed E-state index contributed by atoms with van der Waals surface area (Å²) in [7, 11) is -3.43. The fraction of sp³-hybridized carbons (Fsp3) is 0.0455. The van der Waals surface area contributed by atoms with Crippen molar-refractivity contribution in [3.8, 4) is 27.9 Å². The molecule has 0 aliphatic carbocycles. The second-order valence-electron chi connectivity index (χ2n) is 6.60. The number of hydrogen-bond acceptors (Lipinski definition) is 3. The van der Waals surface area contributed by atoms with Crippen molar-refractivity contribution in [1.29, 1.82) is 0 Å². The Morgan fingerprint density at radius 2 is 1.48 bits per heavy atom. The van der Waals surface area contributed by atoms with Crippen LogP contribution in [0.3, 0.4) is 0 Å². The molecule has 2 heterocycles. The third kappa shape index (κ3) is 2.28. The molecule has 0 unspecified atom stereocenters. The second kappa shape index (κ2) is 5.66. The Morgan fingerprint density at radius 3 is 2.30 bits per heavy atom. The van der Waals surface area contributed by atoms with E-state index in [4.69, 9.17) is 0 Å². The van der Waals surface area contributed by atoms with E-state index >= 15 is 0 Å². The van der Waals surface area contributed by atoms with Gasteiger partial charge in [-0.2, -0.15) is 5.10 Å². The standard InChI is InChI=1S/C22H16N2O2S/c1-15-20(14-23-24(15)17-7-3-2-4-8-17)16-11-12-22-19(13-16)18-9-5-6-10-21(18)27(22,25)26/h2-14H,1H3. The molecule has 1 aromatic heterocycles. The van der Waals surface area contributed by atoms with Gasteiger partial charge in [-0.05, 0) is 42.8 Å². The predicted octanol–water partition coefficient (Wildman–Crippen LogP) is 4.66. The topological polar surface area (TPSA) is 52.0 Å². The normalized spacial score (nSPS) is 14.0. The monoisotopic (exact) mass is 372 g/mol. The van der Waals surface area contributed by atoms with Crippen LogP contribution in [-0.4, -0.2) is 18.2 Å². The average molecular weight is 372 g/mol. The zero-order valence-electron chi connectivity index (χ0n) is 14.6. The van der Waals surface area contributed by atoms with Crippen LogP contribution in [-0.2, 0) is 9.84 Å². The average Bonchev–Trinajstić information content (AvgIpc) is 3.19. The van der Waals surface area contributed by atoms with Crippen LogP contribution < -0.4 is 0 Å². The molecular weight excluding hydrogens is 356 g/mol. The first-order valence-corrected chi connectivity index (χ1v) is 10.1. The Morgan fingerprint density at radius 1 is 0.778 bits per heavy atom. The summed E-state index contributed by atoms with van der Waals surface area (Å²) >= 11 is 0. The van der Waals surface area contributed by atoms with Gasteiger partial charge in [-0.15, -0.1) is 0 Å². The minimum Gasteiger partial charge on any atom is -0.237 e. The highest BCUT2D eigenvalue weighted by Gasteiger charge is 2.32. The summed E-state index contributed by atoms with van der Waals surface area (Å²) in [6.45, 7) is 2.02. The maximum Gasteiger partial charge on any atom is 0.207 e. The van der Waals surface area contributed by atoms with Crippen LogP contribution in [0.2, 0.25) is 0 Å². The maximum atomic E-state index is 12.8. The molecule has 0 saturated carbocycles. The molecule has 0 N–H and O–H groups in total. The van der Waals surface area contributed by atoms with Crippen molar-refractivity contribution in [1.82, 2.24) is 9.78 Å². The first-order chi connectivity index (χ1) is 13.1. The number of para-hydroxylation sites is 1. The van der Waals surface area contributed by atoms with Crippen LogP contribution in [0, 0.1) is 6.92 Å². The van der Waals surface area contributed by atoms with Gasteiger partial charge in [0.1, 0.15) is 0 Å². The molecule has 27 heavy (non-hydrogen) atoms. The van der Waals surface area contributed by atoms with E-state index in [0.717, 1.165) is 33.6 Å². The molecule has 0 bridgehead atoms. The molecule has 1 aliphatic heterocycles. The summed E-state index contributed by atoms with van der Waals surface area (Å²) in [4.78, 5) is 0.759. The molecule has 0 spiro atoms. The summed E-state index contributed by atoms with van der Waals surface area (Å²) < 4.78 is 27.4. The lowest BCUT2D eigenvalue weighted by molar-refractivity contribution is 0.598. The smallest absolute Gasteiger partial charge is 0.207 e. The van der Waals surface area contributed by atoms with E-state index in [0.29, 0.717) is 9.79 Å². The lowest BCUT2D eigenvalue weighted by Gasteiger charge is -2.07. The molecule has 1 aliphatic rings. The number of hydrogen-bond donors (Lipinski definition) is 0. The van der Waals surface area contributed by atoms with Crippen molar-refractivity contribution in [2.75, 3.05) is 0 Å². The zero-order chi connectivity index (χ0) is 18.6. The zero-order valence-corrected chi connectivity index (χ0v) is 15.4. The van der Waals surface area contributed by atoms with Gasteiger partial charge in [0.05, 0.1) is 21.7 Å². The third-order valence-corrected chi connectivity index (χ3v) is 6.93. The summed E-state index contributed by atoms with van der Waals surface area (Å²) in [5.41, 5.74) is 5.48. The second-order valence-corrected chi connectivity index (χ2v) is 8.49. The van der Waals surface area contributed by atoms with E-state index in [1.165, 1.54) is 0 Å². The van der Waals surface area contributed by atoms with Crippen LogP contribution in [0.25, 0.3) is 27.9 Å². The Hall–Kier alpha value is -3.18. The summed E-state index contributed by atoms with van der Waals surface area (Å²) in [6, 6.07) is 22.6. The third-order valence-electron chi connectivity index (χ3n) is 5.06. The molecule has 0 radical (unpaired) electrons. The van der Waals surface area contributed by atoms with E-state index < -0.39 is 9.84 Å². The maximum absolute atomic E-state index is 12.8. The lowest BCUT2D eigenvalue weighted by atomic mass is 9.99. The number of aromatic nitrogens is 2. The van der Waals surface area contributed by atoms with Gasteiger partial charge in [-0.3, -0.25) is 0 Å². The van der Waals surface area contributed by atoms with Gasteiger partial charge in [0.25, 0.3) is 0 Å². The molecule has 5 rings (SSSR count).